The Hall–Kier alpha value is -0.580. The van der Waals surface area contributed by atoms with Gasteiger partial charge in [0.15, 0.2) is 0 Å². The highest BCUT2D eigenvalue weighted by Crippen LogP contribution is 2.11. The molecule has 2 N–H and O–H groups in total. The summed E-state index contributed by atoms with van der Waals surface area (Å²) in [6.07, 6.45) is 3.29. The van der Waals surface area contributed by atoms with E-state index in [4.69, 9.17) is 4.74 Å². The van der Waals surface area contributed by atoms with E-state index in [1.807, 2.05) is 0 Å². The first kappa shape index (κ1) is 17.4. The highest BCUT2D eigenvalue weighted by Gasteiger charge is 2.24. The molecule has 1 aliphatic heterocycles. The largest absolute Gasteiger partial charge is 0.368 e. The van der Waals surface area contributed by atoms with Crippen LogP contribution in [0.2, 0.25) is 0 Å². The minimum Gasteiger partial charge on any atom is -0.368 e. The van der Waals surface area contributed by atoms with Crippen LogP contribution >= 0.6 is 12.4 Å². The van der Waals surface area contributed by atoms with Gasteiger partial charge in [-0.2, -0.15) is 0 Å². The molecule has 18 heavy (non-hydrogen) atoms. The molecule has 5 heteroatoms. The Morgan fingerprint density at radius 2 is 2.39 bits per heavy atom. The van der Waals surface area contributed by atoms with Crippen LogP contribution in [0.25, 0.3) is 0 Å². The quantitative estimate of drug-likeness (QED) is 0.571. The summed E-state index contributed by atoms with van der Waals surface area (Å²) in [4.78, 5) is 11.9. The van der Waals surface area contributed by atoms with Crippen molar-refractivity contribution in [3.05, 3.63) is 12.7 Å². The molecule has 0 aromatic rings. The Morgan fingerprint density at radius 3 is 3.00 bits per heavy atom. The lowest BCUT2D eigenvalue weighted by Crippen LogP contribution is -2.52. The van der Waals surface area contributed by atoms with E-state index in [2.05, 4.69) is 24.1 Å². The molecule has 0 aliphatic carbocycles. The normalized spacial score (nSPS) is 24.8. The number of amides is 1. The maximum atomic E-state index is 11.9. The summed E-state index contributed by atoms with van der Waals surface area (Å²) in [7, 11) is 0. The van der Waals surface area contributed by atoms with Crippen molar-refractivity contribution in [1.29, 1.82) is 0 Å². The van der Waals surface area contributed by atoms with Gasteiger partial charge in [0, 0.05) is 12.6 Å². The lowest BCUT2D eigenvalue weighted by Gasteiger charge is -2.31. The fourth-order valence-electron chi connectivity index (χ4n) is 1.89. The third kappa shape index (κ3) is 5.85. The number of carbonyl (C=O) groups is 1. The first-order chi connectivity index (χ1) is 8.15. The highest BCUT2D eigenvalue weighted by atomic mass is 35.5. The van der Waals surface area contributed by atoms with Crippen molar-refractivity contribution in [2.45, 2.75) is 38.8 Å². The summed E-state index contributed by atoms with van der Waals surface area (Å²) < 4.78 is 5.42. The molecule has 106 valence electrons. The topological polar surface area (TPSA) is 50.4 Å². The second-order valence-electron chi connectivity index (χ2n) is 4.68. The third-order valence-corrected chi connectivity index (χ3v) is 3.21. The molecule has 0 saturated carbocycles. The van der Waals surface area contributed by atoms with Crippen molar-refractivity contribution in [2.24, 2.45) is 5.92 Å². The minimum atomic E-state index is -0.385. The van der Waals surface area contributed by atoms with E-state index >= 15 is 0 Å². The number of piperidine rings is 1. The molecule has 0 aromatic heterocycles. The van der Waals surface area contributed by atoms with E-state index < -0.39 is 0 Å². The summed E-state index contributed by atoms with van der Waals surface area (Å²) >= 11 is 0. The zero-order valence-corrected chi connectivity index (χ0v) is 12.1. The Labute approximate surface area is 116 Å². The number of carbonyl (C=O) groups excluding carboxylic acids is 1. The van der Waals surface area contributed by atoms with Gasteiger partial charge in [0.1, 0.15) is 6.10 Å². The maximum absolute atomic E-state index is 11.9. The number of rotatable bonds is 6. The predicted octanol–water partition coefficient (Wildman–Crippen LogP) is 1.50. The summed E-state index contributed by atoms with van der Waals surface area (Å²) in [6, 6.07) is 0.224. The van der Waals surface area contributed by atoms with Crippen LogP contribution in [0.3, 0.4) is 0 Å². The highest BCUT2D eigenvalue weighted by molar-refractivity contribution is 5.85. The molecule has 0 radical (unpaired) electrons. The Morgan fingerprint density at radius 1 is 1.67 bits per heavy atom. The molecule has 3 atom stereocenters. The van der Waals surface area contributed by atoms with Crippen LogP contribution in [0.5, 0.6) is 0 Å². The fourth-order valence-corrected chi connectivity index (χ4v) is 1.89. The molecule has 1 amide bonds. The Bertz CT molecular complexity index is 261. The molecular formula is C13H25ClN2O2. The Balaban J connectivity index is 0.00000289. The van der Waals surface area contributed by atoms with Gasteiger partial charge in [-0.25, -0.2) is 0 Å². The summed E-state index contributed by atoms with van der Waals surface area (Å²) in [5, 5.41) is 6.34. The number of hydrogen-bond donors (Lipinski definition) is 2. The van der Waals surface area contributed by atoms with Crippen LogP contribution in [-0.4, -0.2) is 37.7 Å². The molecule has 0 aromatic carbocycles. The van der Waals surface area contributed by atoms with Gasteiger partial charge in [0.05, 0.1) is 6.61 Å². The van der Waals surface area contributed by atoms with E-state index in [9.17, 15) is 4.79 Å². The van der Waals surface area contributed by atoms with E-state index in [1.54, 1.807) is 13.0 Å². The molecule has 1 rings (SSSR count). The maximum Gasteiger partial charge on any atom is 0.249 e. The molecule has 0 spiro atoms. The number of nitrogens with one attached hydrogen (secondary N) is 2. The smallest absolute Gasteiger partial charge is 0.249 e. The van der Waals surface area contributed by atoms with E-state index in [0.717, 1.165) is 25.9 Å². The average molecular weight is 277 g/mol. The molecule has 1 saturated heterocycles. The fraction of sp³-hybridized carbons (Fsp3) is 0.769. The summed E-state index contributed by atoms with van der Waals surface area (Å²) in [5.41, 5.74) is 0. The van der Waals surface area contributed by atoms with E-state index in [0.29, 0.717) is 12.5 Å². The van der Waals surface area contributed by atoms with Gasteiger partial charge < -0.3 is 15.4 Å². The van der Waals surface area contributed by atoms with Crippen LogP contribution in [0.4, 0.5) is 0 Å². The van der Waals surface area contributed by atoms with Crippen molar-refractivity contribution in [2.75, 3.05) is 19.7 Å². The number of ether oxygens (including phenoxy) is 1. The van der Waals surface area contributed by atoms with Crippen LogP contribution in [0.1, 0.15) is 26.7 Å². The van der Waals surface area contributed by atoms with Crippen LogP contribution in [0, 0.1) is 5.92 Å². The van der Waals surface area contributed by atoms with E-state index in [1.165, 1.54) is 0 Å². The molecule has 0 bridgehead atoms. The van der Waals surface area contributed by atoms with Gasteiger partial charge in [-0.1, -0.05) is 13.0 Å². The van der Waals surface area contributed by atoms with Gasteiger partial charge >= 0.3 is 0 Å². The van der Waals surface area contributed by atoms with Crippen molar-refractivity contribution < 1.29 is 9.53 Å². The lowest BCUT2D eigenvalue weighted by atomic mass is 9.95. The number of hydrogen-bond acceptors (Lipinski definition) is 3. The van der Waals surface area contributed by atoms with Gasteiger partial charge in [-0.05, 0) is 32.2 Å². The summed E-state index contributed by atoms with van der Waals surface area (Å²) in [5.74, 6) is 0.509. The average Bonchev–Trinajstić information content (AvgIpc) is 2.32. The van der Waals surface area contributed by atoms with Gasteiger partial charge in [-0.15, -0.1) is 19.0 Å². The second-order valence-corrected chi connectivity index (χ2v) is 4.68. The minimum absolute atomic E-state index is 0. The molecular weight excluding hydrogens is 252 g/mol. The van der Waals surface area contributed by atoms with Crippen molar-refractivity contribution in [3.8, 4) is 0 Å². The third-order valence-electron chi connectivity index (χ3n) is 3.21. The van der Waals surface area contributed by atoms with Crippen LogP contribution < -0.4 is 10.6 Å². The number of halogens is 1. The zero-order chi connectivity index (χ0) is 12.7. The standard InChI is InChI=1S/C13H24N2O2.ClH/c1-4-5-8-17-11(3)13(16)15-12-9-14-7-6-10(12)2;/h4,10-12,14H,1,5-9H2,2-3H3,(H,15,16);1H. The summed E-state index contributed by atoms with van der Waals surface area (Å²) in [6.45, 7) is 10.0. The Kier molecular flexibility index (Phi) is 9.06. The molecule has 4 nitrogen and oxygen atoms in total. The zero-order valence-electron chi connectivity index (χ0n) is 11.3. The second kappa shape index (κ2) is 9.36. The van der Waals surface area contributed by atoms with Crippen LogP contribution in [-0.2, 0) is 9.53 Å². The van der Waals surface area contributed by atoms with Crippen molar-refractivity contribution >= 4 is 18.3 Å². The first-order valence-corrected chi connectivity index (χ1v) is 6.38. The first-order valence-electron chi connectivity index (χ1n) is 6.38. The van der Waals surface area contributed by atoms with Crippen molar-refractivity contribution in [3.63, 3.8) is 0 Å². The van der Waals surface area contributed by atoms with E-state index in [-0.39, 0.29) is 30.5 Å². The molecule has 1 aliphatic rings. The monoisotopic (exact) mass is 276 g/mol. The van der Waals surface area contributed by atoms with Gasteiger partial charge in [0.25, 0.3) is 0 Å². The van der Waals surface area contributed by atoms with Gasteiger partial charge in [0.2, 0.25) is 5.91 Å². The van der Waals surface area contributed by atoms with Crippen molar-refractivity contribution in [1.82, 2.24) is 10.6 Å². The molecule has 3 unspecified atom stereocenters. The lowest BCUT2D eigenvalue weighted by molar-refractivity contribution is -0.132. The molecule has 1 heterocycles. The van der Waals surface area contributed by atoms with Gasteiger partial charge in [-0.3, -0.25) is 4.79 Å². The predicted molar refractivity (Wildman–Crippen MR) is 76.1 cm³/mol. The van der Waals surface area contributed by atoms with Crippen LogP contribution in [0.15, 0.2) is 12.7 Å². The molecule has 1 fully saturated rings. The SMILES string of the molecule is C=CCCOC(C)C(=O)NC1CNCCC1C.Cl.